The number of hydrogen-bond donors (Lipinski definition) is 0. The largest absolute Gasteiger partial charge is 0.496 e. The Morgan fingerprint density at radius 1 is 1.50 bits per heavy atom. The van der Waals surface area contributed by atoms with Gasteiger partial charge in [-0.25, -0.2) is 0 Å². The van der Waals surface area contributed by atoms with Gasteiger partial charge in [0.05, 0.1) is 30.2 Å². The van der Waals surface area contributed by atoms with E-state index in [0.717, 1.165) is 19.2 Å². The summed E-state index contributed by atoms with van der Waals surface area (Å²) in [5.74, 6) is -2.14. The summed E-state index contributed by atoms with van der Waals surface area (Å²) in [7, 11) is 1.05. The van der Waals surface area contributed by atoms with E-state index in [4.69, 9.17) is 16.9 Å². The summed E-state index contributed by atoms with van der Waals surface area (Å²) in [5.41, 5.74) is -2.40. The van der Waals surface area contributed by atoms with E-state index in [1.165, 1.54) is 6.07 Å². The molecule has 0 radical (unpaired) electrons. The lowest BCUT2D eigenvalue weighted by Gasteiger charge is -2.16. The van der Waals surface area contributed by atoms with Crippen LogP contribution in [0.4, 0.5) is 13.2 Å². The number of benzene rings is 1. The highest BCUT2D eigenvalue weighted by Gasteiger charge is 2.40. The molecule has 0 fully saturated rings. The quantitative estimate of drug-likeness (QED) is 0.630. The van der Waals surface area contributed by atoms with Crippen molar-refractivity contribution in [2.45, 2.75) is 6.18 Å². The third-order valence-electron chi connectivity index (χ3n) is 2.19. The SMILES string of the molecule is COc1ccc(C#N)c(C(=O)CCl)c1C(F)(F)F. The van der Waals surface area contributed by atoms with Crippen molar-refractivity contribution < 1.29 is 22.7 Å². The molecule has 1 aromatic rings. The minimum atomic E-state index is -4.81. The van der Waals surface area contributed by atoms with Gasteiger partial charge >= 0.3 is 6.18 Å². The van der Waals surface area contributed by atoms with Crippen LogP contribution >= 0.6 is 11.6 Å². The highest BCUT2D eigenvalue weighted by atomic mass is 35.5. The van der Waals surface area contributed by atoms with Gasteiger partial charge in [-0.3, -0.25) is 4.79 Å². The second-order valence-corrected chi connectivity index (χ2v) is 3.50. The molecular formula is C11H7ClF3NO2. The molecule has 18 heavy (non-hydrogen) atoms. The van der Waals surface area contributed by atoms with Crippen LogP contribution in [0.5, 0.6) is 5.75 Å². The molecule has 0 aromatic heterocycles. The van der Waals surface area contributed by atoms with Gasteiger partial charge in [-0.1, -0.05) is 0 Å². The Balaban J connectivity index is 3.71. The van der Waals surface area contributed by atoms with Crippen molar-refractivity contribution >= 4 is 17.4 Å². The predicted octanol–water partition coefficient (Wildman–Crippen LogP) is 3.01. The first-order valence-corrected chi connectivity index (χ1v) is 5.17. The molecule has 0 N–H and O–H groups in total. The Morgan fingerprint density at radius 3 is 2.50 bits per heavy atom. The van der Waals surface area contributed by atoms with Crippen molar-refractivity contribution in [2.24, 2.45) is 0 Å². The zero-order chi connectivity index (χ0) is 13.9. The topological polar surface area (TPSA) is 50.1 Å². The molecule has 0 spiro atoms. The zero-order valence-electron chi connectivity index (χ0n) is 9.14. The molecule has 1 rings (SSSR count). The number of Topliss-reactive ketones (excluding diaryl/α,β-unsaturated/α-hetero) is 1. The number of halogens is 4. The first-order valence-electron chi connectivity index (χ1n) is 4.64. The summed E-state index contributed by atoms with van der Waals surface area (Å²) in [6, 6.07) is 3.62. The van der Waals surface area contributed by atoms with Crippen LogP contribution in [0.25, 0.3) is 0 Å². The summed E-state index contributed by atoms with van der Waals surface area (Å²) in [6.45, 7) is 0. The monoisotopic (exact) mass is 277 g/mol. The molecule has 0 heterocycles. The van der Waals surface area contributed by atoms with Crippen LogP contribution < -0.4 is 4.74 Å². The number of ether oxygens (including phenoxy) is 1. The van der Waals surface area contributed by atoms with E-state index in [2.05, 4.69) is 4.74 Å². The lowest BCUT2D eigenvalue weighted by molar-refractivity contribution is -0.139. The van der Waals surface area contributed by atoms with Crippen LogP contribution in [0, 0.1) is 11.3 Å². The molecule has 3 nitrogen and oxygen atoms in total. The summed E-state index contributed by atoms with van der Waals surface area (Å²) >= 11 is 5.27. The van der Waals surface area contributed by atoms with Crippen LogP contribution in [0.2, 0.25) is 0 Å². The Kier molecular flexibility index (Phi) is 4.19. The van der Waals surface area contributed by atoms with Gasteiger partial charge in [0, 0.05) is 0 Å². The van der Waals surface area contributed by atoms with Gasteiger partial charge in [0.15, 0.2) is 5.78 Å². The van der Waals surface area contributed by atoms with Crippen molar-refractivity contribution in [3.63, 3.8) is 0 Å². The Bertz CT molecular complexity index is 520. The van der Waals surface area contributed by atoms with Crippen LogP contribution in [0.1, 0.15) is 21.5 Å². The van der Waals surface area contributed by atoms with Crippen LogP contribution in [0.3, 0.4) is 0 Å². The third kappa shape index (κ3) is 2.57. The average molecular weight is 278 g/mol. The summed E-state index contributed by atoms with van der Waals surface area (Å²) in [5, 5.41) is 8.76. The Labute approximate surface area is 106 Å². The fraction of sp³-hybridized carbons (Fsp3) is 0.273. The zero-order valence-corrected chi connectivity index (χ0v) is 9.89. The second kappa shape index (κ2) is 5.27. The summed E-state index contributed by atoms with van der Waals surface area (Å²) < 4.78 is 43.4. The summed E-state index contributed by atoms with van der Waals surface area (Å²) in [6.07, 6.45) is -4.81. The minimum Gasteiger partial charge on any atom is -0.496 e. The molecule has 0 aliphatic rings. The van der Waals surface area contributed by atoms with Crippen molar-refractivity contribution in [3.05, 3.63) is 28.8 Å². The highest BCUT2D eigenvalue weighted by molar-refractivity contribution is 6.31. The lowest BCUT2D eigenvalue weighted by Crippen LogP contribution is -2.17. The number of nitriles is 1. The molecule has 0 aliphatic carbocycles. The second-order valence-electron chi connectivity index (χ2n) is 3.23. The van der Waals surface area contributed by atoms with Gasteiger partial charge < -0.3 is 4.74 Å². The molecular weight excluding hydrogens is 271 g/mol. The molecule has 96 valence electrons. The number of methoxy groups -OCH3 is 1. The standard InChI is InChI=1S/C11H7ClF3NO2/c1-18-8-3-2-6(5-16)9(7(17)4-12)10(8)11(13,14)15/h2-3H,4H2,1H3. The molecule has 0 atom stereocenters. The Morgan fingerprint density at radius 2 is 2.11 bits per heavy atom. The van der Waals surface area contributed by atoms with E-state index < -0.39 is 34.7 Å². The molecule has 0 saturated carbocycles. The third-order valence-corrected chi connectivity index (χ3v) is 2.43. The van der Waals surface area contributed by atoms with E-state index in [-0.39, 0.29) is 5.56 Å². The van der Waals surface area contributed by atoms with Crippen LogP contribution in [0.15, 0.2) is 12.1 Å². The van der Waals surface area contributed by atoms with E-state index in [1.54, 1.807) is 0 Å². The number of nitrogens with zero attached hydrogens (tertiary/aromatic N) is 1. The van der Waals surface area contributed by atoms with E-state index in [1.807, 2.05) is 0 Å². The molecule has 0 amide bonds. The van der Waals surface area contributed by atoms with Crippen molar-refractivity contribution in [1.82, 2.24) is 0 Å². The smallest absolute Gasteiger partial charge is 0.420 e. The maximum absolute atomic E-state index is 12.9. The predicted molar refractivity (Wildman–Crippen MR) is 57.8 cm³/mol. The van der Waals surface area contributed by atoms with Gasteiger partial charge in [-0.05, 0) is 12.1 Å². The van der Waals surface area contributed by atoms with Crippen molar-refractivity contribution in [2.75, 3.05) is 13.0 Å². The molecule has 7 heteroatoms. The molecule has 0 bridgehead atoms. The average Bonchev–Trinajstić information content (AvgIpc) is 2.34. The molecule has 0 unspecified atom stereocenters. The Hall–Kier alpha value is -1.74. The van der Waals surface area contributed by atoms with Crippen molar-refractivity contribution in [1.29, 1.82) is 5.26 Å². The van der Waals surface area contributed by atoms with E-state index in [9.17, 15) is 18.0 Å². The van der Waals surface area contributed by atoms with Gasteiger partial charge in [0.1, 0.15) is 11.3 Å². The first kappa shape index (κ1) is 14.3. The van der Waals surface area contributed by atoms with Crippen molar-refractivity contribution in [3.8, 4) is 11.8 Å². The van der Waals surface area contributed by atoms with Gasteiger partial charge in [0.2, 0.25) is 0 Å². The molecule has 0 aliphatic heterocycles. The van der Waals surface area contributed by atoms with Crippen LogP contribution in [-0.2, 0) is 6.18 Å². The van der Waals surface area contributed by atoms with Gasteiger partial charge in [-0.15, -0.1) is 11.6 Å². The first-order chi connectivity index (χ1) is 8.36. The number of ketones is 1. The van der Waals surface area contributed by atoms with Crippen LogP contribution in [-0.4, -0.2) is 18.8 Å². The normalized spacial score (nSPS) is 10.9. The number of rotatable bonds is 3. The van der Waals surface area contributed by atoms with Gasteiger partial charge in [-0.2, -0.15) is 18.4 Å². The lowest BCUT2D eigenvalue weighted by atomic mass is 9.97. The highest BCUT2D eigenvalue weighted by Crippen LogP contribution is 2.40. The number of hydrogen-bond acceptors (Lipinski definition) is 3. The maximum Gasteiger partial charge on any atom is 0.420 e. The fourth-order valence-corrected chi connectivity index (χ4v) is 1.62. The van der Waals surface area contributed by atoms with E-state index >= 15 is 0 Å². The maximum atomic E-state index is 12.9. The minimum absolute atomic E-state index is 0.381. The molecule has 0 saturated heterocycles. The molecule has 1 aromatic carbocycles. The van der Waals surface area contributed by atoms with E-state index in [0.29, 0.717) is 0 Å². The number of carbonyl (C=O) groups is 1. The van der Waals surface area contributed by atoms with Gasteiger partial charge in [0.25, 0.3) is 0 Å². The summed E-state index contributed by atoms with van der Waals surface area (Å²) in [4.78, 5) is 11.5. The fourth-order valence-electron chi connectivity index (χ4n) is 1.48. The number of alkyl halides is 4. The number of carbonyl (C=O) groups excluding carboxylic acids is 1.